The SMILES string of the molecule is O=C(/C=C/c1ccc(O)c(O)c1)NCCCN1CCOCC1. The van der Waals surface area contributed by atoms with Crippen LogP contribution in [0.25, 0.3) is 6.08 Å². The predicted octanol–water partition coefficient (Wildman–Crippen LogP) is 0.949. The molecule has 3 N–H and O–H groups in total. The van der Waals surface area contributed by atoms with Gasteiger partial charge in [-0.1, -0.05) is 6.07 Å². The lowest BCUT2D eigenvalue weighted by Gasteiger charge is -2.26. The number of phenolic OH excluding ortho intramolecular Hbond substituents is 2. The summed E-state index contributed by atoms with van der Waals surface area (Å²) in [5.74, 6) is -0.549. The number of benzene rings is 1. The molecule has 6 heteroatoms. The van der Waals surface area contributed by atoms with E-state index in [2.05, 4.69) is 10.2 Å². The summed E-state index contributed by atoms with van der Waals surface area (Å²) in [5.41, 5.74) is 0.652. The van der Waals surface area contributed by atoms with Crippen molar-refractivity contribution in [1.82, 2.24) is 10.2 Å². The number of morpholine rings is 1. The van der Waals surface area contributed by atoms with Crippen LogP contribution in [0.15, 0.2) is 24.3 Å². The maximum Gasteiger partial charge on any atom is 0.243 e. The summed E-state index contributed by atoms with van der Waals surface area (Å²) in [7, 11) is 0. The van der Waals surface area contributed by atoms with Crippen LogP contribution in [0, 0.1) is 0 Å². The molecule has 1 aliphatic rings. The van der Waals surface area contributed by atoms with Crippen LogP contribution in [-0.4, -0.2) is 60.4 Å². The van der Waals surface area contributed by atoms with Gasteiger partial charge in [0.05, 0.1) is 13.2 Å². The van der Waals surface area contributed by atoms with Gasteiger partial charge in [0.1, 0.15) is 0 Å². The molecule has 1 heterocycles. The lowest BCUT2D eigenvalue weighted by atomic mass is 10.2. The number of nitrogens with zero attached hydrogens (tertiary/aromatic N) is 1. The van der Waals surface area contributed by atoms with E-state index in [9.17, 15) is 15.0 Å². The summed E-state index contributed by atoms with van der Waals surface area (Å²) in [6.07, 6.45) is 3.91. The molecule has 120 valence electrons. The minimum Gasteiger partial charge on any atom is -0.504 e. The molecule has 6 nitrogen and oxygen atoms in total. The fourth-order valence-electron chi connectivity index (χ4n) is 2.21. The molecule has 1 aromatic carbocycles. The molecule has 1 saturated heterocycles. The van der Waals surface area contributed by atoms with E-state index in [1.807, 2.05) is 0 Å². The third-order valence-electron chi connectivity index (χ3n) is 3.48. The number of ether oxygens (including phenoxy) is 1. The molecule has 0 radical (unpaired) electrons. The second kappa shape index (κ2) is 8.41. The van der Waals surface area contributed by atoms with E-state index in [1.165, 1.54) is 18.2 Å². The zero-order chi connectivity index (χ0) is 15.8. The largest absolute Gasteiger partial charge is 0.504 e. The maximum absolute atomic E-state index is 11.7. The lowest BCUT2D eigenvalue weighted by molar-refractivity contribution is -0.116. The summed E-state index contributed by atoms with van der Waals surface area (Å²) in [4.78, 5) is 14.0. The van der Waals surface area contributed by atoms with Gasteiger partial charge in [0.15, 0.2) is 11.5 Å². The van der Waals surface area contributed by atoms with Crippen molar-refractivity contribution in [1.29, 1.82) is 0 Å². The fraction of sp³-hybridized carbons (Fsp3) is 0.438. The molecule has 0 saturated carbocycles. The van der Waals surface area contributed by atoms with Gasteiger partial charge in [0.2, 0.25) is 5.91 Å². The van der Waals surface area contributed by atoms with Gasteiger partial charge in [-0.2, -0.15) is 0 Å². The molecule has 0 atom stereocenters. The number of hydrogen-bond donors (Lipinski definition) is 3. The van der Waals surface area contributed by atoms with Crippen molar-refractivity contribution in [3.63, 3.8) is 0 Å². The molecular formula is C16H22N2O4. The highest BCUT2D eigenvalue weighted by Crippen LogP contribution is 2.25. The fourth-order valence-corrected chi connectivity index (χ4v) is 2.21. The Morgan fingerprint density at radius 3 is 2.77 bits per heavy atom. The van der Waals surface area contributed by atoms with Crippen molar-refractivity contribution in [2.24, 2.45) is 0 Å². The van der Waals surface area contributed by atoms with Crippen molar-refractivity contribution < 1.29 is 19.7 Å². The monoisotopic (exact) mass is 306 g/mol. The highest BCUT2D eigenvalue weighted by molar-refractivity contribution is 5.91. The van der Waals surface area contributed by atoms with Gasteiger partial charge in [0.25, 0.3) is 0 Å². The van der Waals surface area contributed by atoms with Gasteiger partial charge in [-0.05, 0) is 36.7 Å². The number of amides is 1. The van der Waals surface area contributed by atoms with Crippen LogP contribution >= 0.6 is 0 Å². The summed E-state index contributed by atoms with van der Waals surface area (Å²) in [5, 5.41) is 21.4. The Morgan fingerprint density at radius 2 is 2.05 bits per heavy atom. The molecule has 0 spiro atoms. The second-order valence-electron chi connectivity index (χ2n) is 5.18. The number of carbonyl (C=O) groups excluding carboxylic acids is 1. The van der Waals surface area contributed by atoms with Crippen molar-refractivity contribution in [3.05, 3.63) is 29.8 Å². The van der Waals surface area contributed by atoms with Gasteiger partial charge in [0, 0.05) is 25.7 Å². The number of rotatable bonds is 6. The number of carbonyl (C=O) groups is 1. The van der Waals surface area contributed by atoms with E-state index >= 15 is 0 Å². The van der Waals surface area contributed by atoms with Crippen LogP contribution < -0.4 is 5.32 Å². The van der Waals surface area contributed by atoms with Gasteiger partial charge in [-0.3, -0.25) is 9.69 Å². The first-order valence-corrected chi connectivity index (χ1v) is 7.43. The van der Waals surface area contributed by atoms with Crippen LogP contribution in [-0.2, 0) is 9.53 Å². The minimum atomic E-state index is -0.201. The third-order valence-corrected chi connectivity index (χ3v) is 3.48. The van der Waals surface area contributed by atoms with E-state index in [4.69, 9.17) is 4.74 Å². The molecule has 0 aromatic heterocycles. The molecule has 22 heavy (non-hydrogen) atoms. The smallest absolute Gasteiger partial charge is 0.243 e. The van der Waals surface area contributed by atoms with E-state index in [-0.39, 0.29) is 17.4 Å². The van der Waals surface area contributed by atoms with E-state index in [0.29, 0.717) is 12.1 Å². The molecule has 0 aliphatic carbocycles. The van der Waals surface area contributed by atoms with Crippen molar-refractivity contribution in [3.8, 4) is 11.5 Å². The van der Waals surface area contributed by atoms with E-state index in [0.717, 1.165) is 39.3 Å². The van der Waals surface area contributed by atoms with Crippen molar-refractivity contribution in [2.75, 3.05) is 39.4 Å². The van der Waals surface area contributed by atoms with Crippen molar-refractivity contribution in [2.45, 2.75) is 6.42 Å². The highest BCUT2D eigenvalue weighted by atomic mass is 16.5. The molecule has 1 fully saturated rings. The van der Waals surface area contributed by atoms with Crippen LogP contribution in [0.4, 0.5) is 0 Å². The Bertz CT molecular complexity index is 525. The Morgan fingerprint density at radius 1 is 1.27 bits per heavy atom. The topological polar surface area (TPSA) is 82.0 Å². The van der Waals surface area contributed by atoms with Crippen molar-refractivity contribution >= 4 is 12.0 Å². The number of aromatic hydroxyl groups is 2. The summed E-state index contributed by atoms with van der Waals surface area (Å²) >= 11 is 0. The Kier molecular flexibility index (Phi) is 6.24. The first kappa shape index (κ1) is 16.3. The molecule has 2 rings (SSSR count). The zero-order valence-corrected chi connectivity index (χ0v) is 12.5. The van der Waals surface area contributed by atoms with Crippen LogP contribution in [0.1, 0.15) is 12.0 Å². The molecule has 1 aliphatic heterocycles. The molecular weight excluding hydrogens is 284 g/mol. The van der Waals surface area contributed by atoms with Gasteiger partial charge >= 0.3 is 0 Å². The third kappa shape index (κ3) is 5.38. The average Bonchev–Trinajstić information content (AvgIpc) is 2.54. The average molecular weight is 306 g/mol. The Balaban J connectivity index is 1.66. The van der Waals surface area contributed by atoms with Gasteiger partial charge < -0.3 is 20.3 Å². The summed E-state index contributed by atoms with van der Waals surface area (Å²) in [6, 6.07) is 4.41. The van der Waals surface area contributed by atoms with E-state index in [1.54, 1.807) is 12.1 Å². The number of phenols is 2. The highest BCUT2D eigenvalue weighted by Gasteiger charge is 2.09. The first-order chi connectivity index (χ1) is 10.6. The molecule has 0 bridgehead atoms. The number of nitrogens with one attached hydrogen (secondary N) is 1. The maximum atomic E-state index is 11.7. The lowest BCUT2D eigenvalue weighted by Crippen LogP contribution is -2.38. The quantitative estimate of drug-likeness (QED) is 0.414. The second-order valence-corrected chi connectivity index (χ2v) is 5.18. The normalized spacial score (nSPS) is 16.0. The molecule has 1 amide bonds. The van der Waals surface area contributed by atoms with Gasteiger partial charge in [-0.15, -0.1) is 0 Å². The van der Waals surface area contributed by atoms with Crippen LogP contribution in [0.2, 0.25) is 0 Å². The zero-order valence-electron chi connectivity index (χ0n) is 12.5. The standard InChI is InChI=1S/C16H22N2O4/c19-14-4-2-13(12-15(14)20)3-5-16(21)17-6-1-7-18-8-10-22-11-9-18/h2-5,12,19-20H,1,6-11H2,(H,17,21)/b5-3+. The summed E-state index contributed by atoms with van der Waals surface area (Å²) in [6.45, 7) is 5.07. The summed E-state index contributed by atoms with van der Waals surface area (Å²) < 4.78 is 5.28. The van der Waals surface area contributed by atoms with Gasteiger partial charge in [-0.25, -0.2) is 0 Å². The van der Waals surface area contributed by atoms with Crippen LogP contribution in [0.5, 0.6) is 11.5 Å². The number of hydrogen-bond acceptors (Lipinski definition) is 5. The molecule has 1 aromatic rings. The van der Waals surface area contributed by atoms with E-state index < -0.39 is 0 Å². The van der Waals surface area contributed by atoms with Crippen LogP contribution in [0.3, 0.4) is 0 Å². The minimum absolute atomic E-state index is 0.172. The Hall–Kier alpha value is -2.05. The molecule has 0 unspecified atom stereocenters. The first-order valence-electron chi connectivity index (χ1n) is 7.43. The Labute approximate surface area is 130 Å². The predicted molar refractivity (Wildman–Crippen MR) is 83.7 cm³/mol.